The van der Waals surface area contributed by atoms with E-state index in [1.165, 1.54) is 0 Å². The van der Waals surface area contributed by atoms with E-state index in [1.807, 2.05) is 0 Å². The van der Waals surface area contributed by atoms with Crippen molar-refractivity contribution in [2.75, 3.05) is 6.54 Å². The highest BCUT2D eigenvalue weighted by atomic mass is 16.3. The van der Waals surface area contributed by atoms with E-state index < -0.39 is 0 Å². The number of nitrogens with two attached hydrogens (primary N) is 1. The molecule has 0 aromatic rings. The van der Waals surface area contributed by atoms with Gasteiger partial charge in [0.15, 0.2) is 5.96 Å². The second-order valence-corrected chi connectivity index (χ2v) is 5.51. The molecule has 16 heavy (non-hydrogen) atoms. The van der Waals surface area contributed by atoms with E-state index in [0.29, 0.717) is 24.0 Å². The Hall–Kier alpha value is -0.770. The topological polar surface area (TPSA) is 61.8 Å². The van der Waals surface area contributed by atoms with Gasteiger partial charge in [-0.3, -0.25) is 4.99 Å². The molecule has 2 aliphatic rings. The molecule has 2 unspecified atom stereocenters. The van der Waals surface area contributed by atoms with Crippen LogP contribution < -0.4 is 5.73 Å². The van der Waals surface area contributed by atoms with Crippen LogP contribution in [0.2, 0.25) is 0 Å². The summed E-state index contributed by atoms with van der Waals surface area (Å²) in [6, 6.07) is 0.842. The molecular formula is C12H23N3O. The van der Waals surface area contributed by atoms with Crippen molar-refractivity contribution >= 4 is 5.96 Å². The number of hydrogen-bond acceptors (Lipinski definition) is 2. The van der Waals surface area contributed by atoms with Gasteiger partial charge in [-0.2, -0.15) is 0 Å². The molecule has 2 atom stereocenters. The number of fused-ring (bicyclic) bond motifs is 2. The standard InChI is InChI=1S/C12H23N3O/c1-8(2)7-14-12(13)15-9-3-4-10(15)6-11(16)5-9/h8-11,16H,3-7H2,1-2H3,(H2,13,14). The van der Waals surface area contributed by atoms with E-state index in [9.17, 15) is 5.11 Å². The molecule has 4 nitrogen and oxygen atoms in total. The Kier molecular flexibility index (Phi) is 3.38. The number of rotatable bonds is 2. The van der Waals surface area contributed by atoms with E-state index in [-0.39, 0.29) is 6.10 Å². The fraction of sp³-hybridized carbons (Fsp3) is 0.917. The van der Waals surface area contributed by atoms with Gasteiger partial charge >= 0.3 is 0 Å². The smallest absolute Gasteiger partial charge is 0.191 e. The van der Waals surface area contributed by atoms with Gasteiger partial charge in [0.05, 0.1) is 6.10 Å². The van der Waals surface area contributed by atoms with Gasteiger partial charge in [-0.25, -0.2) is 0 Å². The quantitative estimate of drug-likeness (QED) is 0.543. The highest BCUT2D eigenvalue weighted by Crippen LogP contribution is 2.35. The summed E-state index contributed by atoms with van der Waals surface area (Å²) < 4.78 is 0. The van der Waals surface area contributed by atoms with Crippen LogP contribution in [0.25, 0.3) is 0 Å². The zero-order chi connectivity index (χ0) is 11.7. The number of guanidine groups is 1. The molecule has 0 aromatic carbocycles. The summed E-state index contributed by atoms with van der Waals surface area (Å²) in [5.74, 6) is 1.24. The average Bonchev–Trinajstić information content (AvgIpc) is 2.48. The second kappa shape index (κ2) is 4.62. The molecule has 0 amide bonds. The second-order valence-electron chi connectivity index (χ2n) is 5.51. The van der Waals surface area contributed by atoms with Crippen LogP contribution >= 0.6 is 0 Å². The van der Waals surface area contributed by atoms with Crippen LogP contribution in [-0.4, -0.2) is 40.7 Å². The molecular weight excluding hydrogens is 202 g/mol. The predicted molar refractivity (Wildman–Crippen MR) is 65.2 cm³/mol. The van der Waals surface area contributed by atoms with Crippen molar-refractivity contribution in [3.63, 3.8) is 0 Å². The lowest BCUT2D eigenvalue weighted by atomic mass is 10.0. The van der Waals surface area contributed by atoms with E-state index in [4.69, 9.17) is 5.73 Å². The average molecular weight is 225 g/mol. The van der Waals surface area contributed by atoms with Crippen molar-refractivity contribution in [1.29, 1.82) is 0 Å². The van der Waals surface area contributed by atoms with Gasteiger partial charge in [-0.15, -0.1) is 0 Å². The largest absolute Gasteiger partial charge is 0.393 e. The third-order valence-electron chi connectivity index (χ3n) is 3.59. The number of aliphatic hydroxyl groups is 1. The number of nitrogens with zero attached hydrogens (tertiary/aromatic N) is 2. The maximum absolute atomic E-state index is 9.70. The van der Waals surface area contributed by atoms with Crippen molar-refractivity contribution in [3.8, 4) is 0 Å². The molecule has 2 bridgehead atoms. The summed E-state index contributed by atoms with van der Waals surface area (Å²) in [5, 5.41) is 9.70. The molecule has 92 valence electrons. The summed E-state index contributed by atoms with van der Waals surface area (Å²) in [7, 11) is 0. The van der Waals surface area contributed by atoms with Gasteiger partial charge in [0.25, 0.3) is 0 Å². The fourth-order valence-electron chi connectivity index (χ4n) is 2.88. The molecule has 2 heterocycles. The van der Waals surface area contributed by atoms with E-state index in [1.54, 1.807) is 0 Å². The van der Waals surface area contributed by atoms with Crippen molar-refractivity contribution in [2.45, 2.75) is 57.7 Å². The van der Waals surface area contributed by atoms with Crippen molar-refractivity contribution in [2.24, 2.45) is 16.6 Å². The fourth-order valence-corrected chi connectivity index (χ4v) is 2.88. The predicted octanol–water partition coefficient (Wildman–Crippen LogP) is 0.945. The van der Waals surface area contributed by atoms with Gasteiger partial charge in [0.2, 0.25) is 0 Å². The van der Waals surface area contributed by atoms with Crippen LogP contribution in [0.1, 0.15) is 39.5 Å². The van der Waals surface area contributed by atoms with Gasteiger partial charge in [0.1, 0.15) is 0 Å². The molecule has 0 spiro atoms. The minimum atomic E-state index is -0.133. The first-order valence-electron chi connectivity index (χ1n) is 6.34. The van der Waals surface area contributed by atoms with Crippen LogP contribution in [0.15, 0.2) is 4.99 Å². The van der Waals surface area contributed by atoms with E-state index in [2.05, 4.69) is 23.7 Å². The zero-order valence-electron chi connectivity index (χ0n) is 10.3. The summed E-state index contributed by atoms with van der Waals surface area (Å²) in [6.45, 7) is 5.08. The molecule has 0 saturated carbocycles. The summed E-state index contributed by atoms with van der Waals surface area (Å²) in [6.07, 6.45) is 3.88. The molecule has 0 radical (unpaired) electrons. The lowest BCUT2D eigenvalue weighted by Crippen LogP contribution is -2.51. The van der Waals surface area contributed by atoms with Crippen molar-refractivity contribution in [3.05, 3.63) is 0 Å². The summed E-state index contributed by atoms with van der Waals surface area (Å²) >= 11 is 0. The first-order valence-corrected chi connectivity index (χ1v) is 6.34. The highest BCUT2D eigenvalue weighted by Gasteiger charge is 2.41. The Morgan fingerprint density at radius 1 is 1.38 bits per heavy atom. The lowest BCUT2D eigenvalue weighted by molar-refractivity contribution is 0.0703. The Bertz CT molecular complexity index is 263. The molecule has 3 N–H and O–H groups in total. The van der Waals surface area contributed by atoms with Gasteiger partial charge in [-0.1, -0.05) is 13.8 Å². The van der Waals surface area contributed by atoms with Crippen LogP contribution in [0, 0.1) is 5.92 Å². The van der Waals surface area contributed by atoms with Gasteiger partial charge in [-0.05, 0) is 31.6 Å². The molecule has 2 saturated heterocycles. The van der Waals surface area contributed by atoms with Crippen LogP contribution in [0.4, 0.5) is 0 Å². The minimum Gasteiger partial charge on any atom is -0.393 e. The molecule has 2 rings (SSSR count). The van der Waals surface area contributed by atoms with Gasteiger partial charge < -0.3 is 15.7 Å². The Balaban J connectivity index is 2.02. The maximum atomic E-state index is 9.70. The van der Waals surface area contributed by atoms with E-state index >= 15 is 0 Å². The molecule has 4 heteroatoms. The Morgan fingerprint density at radius 3 is 2.44 bits per heavy atom. The molecule has 0 aliphatic carbocycles. The Labute approximate surface area is 97.5 Å². The molecule has 2 fully saturated rings. The normalized spacial score (nSPS) is 34.9. The first-order chi connectivity index (χ1) is 7.58. The SMILES string of the molecule is CC(C)CN=C(N)N1C2CCC1CC(O)C2. The number of aliphatic imine (C=N–C) groups is 1. The van der Waals surface area contributed by atoms with Crippen molar-refractivity contribution in [1.82, 2.24) is 4.90 Å². The van der Waals surface area contributed by atoms with E-state index in [0.717, 1.165) is 32.2 Å². The summed E-state index contributed by atoms with van der Waals surface area (Å²) in [5.41, 5.74) is 6.06. The van der Waals surface area contributed by atoms with Gasteiger partial charge in [0, 0.05) is 18.6 Å². The first kappa shape index (κ1) is 11.7. The summed E-state index contributed by atoms with van der Waals surface area (Å²) in [4.78, 5) is 6.70. The Morgan fingerprint density at radius 2 is 1.94 bits per heavy atom. The van der Waals surface area contributed by atoms with Crippen LogP contribution in [-0.2, 0) is 0 Å². The van der Waals surface area contributed by atoms with Crippen molar-refractivity contribution < 1.29 is 5.11 Å². The van der Waals surface area contributed by atoms with Crippen LogP contribution in [0.3, 0.4) is 0 Å². The third-order valence-corrected chi connectivity index (χ3v) is 3.59. The number of aliphatic hydroxyl groups excluding tert-OH is 1. The maximum Gasteiger partial charge on any atom is 0.191 e. The molecule has 0 aromatic heterocycles. The van der Waals surface area contributed by atoms with Crippen LogP contribution in [0.5, 0.6) is 0 Å². The number of hydrogen-bond donors (Lipinski definition) is 2. The number of piperidine rings is 1. The third kappa shape index (κ3) is 2.32. The lowest BCUT2D eigenvalue weighted by Gasteiger charge is -2.38. The molecule has 2 aliphatic heterocycles. The zero-order valence-corrected chi connectivity index (χ0v) is 10.3. The monoisotopic (exact) mass is 225 g/mol. The highest BCUT2D eigenvalue weighted by molar-refractivity contribution is 5.79. The minimum absolute atomic E-state index is 0.133.